The van der Waals surface area contributed by atoms with Crippen molar-refractivity contribution >= 4 is 5.69 Å². The first kappa shape index (κ1) is 22.6. The van der Waals surface area contributed by atoms with Gasteiger partial charge >= 0.3 is 0 Å². The van der Waals surface area contributed by atoms with Crippen LogP contribution in [0.25, 0.3) is 11.3 Å². The zero-order chi connectivity index (χ0) is 24.2. The second-order valence-corrected chi connectivity index (χ2v) is 8.81. The number of hydrogen-bond acceptors (Lipinski definition) is 6. The van der Waals surface area contributed by atoms with Crippen LogP contribution in [0.1, 0.15) is 28.4 Å². The van der Waals surface area contributed by atoms with Crippen molar-refractivity contribution in [2.45, 2.75) is 25.5 Å². The number of nitriles is 1. The normalized spacial score (nSPS) is 15.4. The van der Waals surface area contributed by atoms with Gasteiger partial charge < -0.3 is 15.4 Å². The van der Waals surface area contributed by atoms with Crippen molar-refractivity contribution in [2.75, 3.05) is 18.4 Å². The summed E-state index contributed by atoms with van der Waals surface area (Å²) in [5.41, 5.74) is 6.93. The molecule has 0 fully saturated rings. The van der Waals surface area contributed by atoms with E-state index in [4.69, 9.17) is 10.00 Å². The van der Waals surface area contributed by atoms with E-state index in [2.05, 4.69) is 63.2 Å². The summed E-state index contributed by atoms with van der Waals surface area (Å²) in [6, 6.07) is 24.4. The van der Waals surface area contributed by atoms with E-state index in [1.807, 2.05) is 55.2 Å². The minimum absolute atomic E-state index is 0.00330. The Kier molecular flexibility index (Phi) is 6.47. The van der Waals surface area contributed by atoms with Crippen LogP contribution in [0, 0.1) is 18.3 Å². The summed E-state index contributed by atoms with van der Waals surface area (Å²) in [4.78, 5) is 4.64. The predicted molar refractivity (Wildman–Crippen MR) is 136 cm³/mol. The van der Waals surface area contributed by atoms with Gasteiger partial charge in [0.25, 0.3) is 0 Å². The molecule has 7 nitrogen and oxygen atoms in total. The molecule has 0 saturated carbocycles. The number of pyridine rings is 1. The summed E-state index contributed by atoms with van der Waals surface area (Å²) in [6.45, 7) is 3.43. The maximum Gasteiger partial charge on any atom is 0.237 e. The molecule has 7 heteroatoms. The first-order valence-corrected chi connectivity index (χ1v) is 11.8. The van der Waals surface area contributed by atoms with Crippen LogP contribution in [0.3, 0.4) is 0 Å². The lowest BCUT2D eigenvalue weighted by molar-refractivity contribution is 0.150. The lowest BCUT2D eigenvalue weighted by Crippen LogP contribution is -2.43. The van der Waals surface area contributed by atoms with Gasteiger partial charge in [0, 0.05) is 18.8 Å². The van der Waals surface area contributed by atoms with E-state index < -0.39 is 0 Å². The minimum Gasteiger partial charge on any atom is -0.469 e. The van der Waals surface area contributed by atoms with Gasteiger partial charge in [0.2, 0.25) is 5.88 Å². The monoisotopic (exact) mass is 464 g/mol. The van der Waals surface area contributed by atoms with Gasteiger partial charge in [-0.3, -0.25) is 4.68 Å². The summed E-state index contributed by atoms with van der Waals surface area (Å²) in [5, 5.41) is 20.7. The van der Waals surface area contributed by atoms with Crippen LogP contribution < -0.4 is 15.4 Å². The van der Waals surface area contributed by atoms with Gasteiger partial charge in [-0.25, -0.2) is 4.98 Å². The Balaban J connectivity index is 1.31. The molecule has 2 aromatic heterocycles. The van der Waals surface area contributed by atoms with Gasteiger partial charge in [-0.2, -0.15) is 10.4 Å². The molecule has 2 atom stereocenters. The van der Waals surface area contributed by atoms with Crippen LogP contribution in [0.15, 0.2) is 72.9 Å². The highest BCUT2D eigenvalue weighted by molar-refractivity contribution is 5.68. The first-order chi connectivity index (χ1) is 17.1. The number of fused-ring (bicyclic) bond motifs is 1. The van der Waals surface area contributed by atoms with E-state index in [9.17, 15) is 0 Å². The van der Waals surface area contributed by atoms with Crippen LogP contribution in [-0.2, 0) is 13.5 Å². The number of aromatic nitrogens is 3. The number of ether oxygens (including phenoxy) is 1. The number of anilines is 1. The second kappa shape index (κ2) is 10.00. The summed E-state index contributed by atoms with van der Waals surface area (Å²) < 4.78 is 8.28. The lowest BCUT2D eigenvalue weighted by Gasteiger charge is -2.33. The fraction of sp³-hybridized carbons (Fsp3) is 0.250. The van der Waals surface area contributed by atoms with E-state index in [0.29, 0.717) is 18.0 Å². The number of nitrogens with one attached hydrogen (secondary N) is 2. The maximum absolute atomic E-state index is 9.01. The standard InChI is InChI=1S/C28H28N6O/c1-19-14-25(34(2)33-19)23-15-24-28(32-17-23)35-26(18-31-24)27(22-6-4-3-5-7-22)30-13-12-20-8-10-21(16-29)11-9-20/h3-11,14-15,17,26-27,30-31H,12-13,18H2,1-2H3/t26-,27+/m0/s1. The summed E-state index contributed by atoms with van der Waals surface area (Å²) in [6.07, 6.45) is 2.58. The quantitative estimate of drug-likeness (QED) is 0.421. The van der Waals surface area contributed by atoms with Crippen molar-refractivity contribution in [1.82, 2.24) is 20.1 Å². The summed E-state index contributed by atoms with van der Waals surface area (Å²) in [7, 11) is 1.94. The van der Waals surface area contributed by atoms with Crippen molar-refractivity contribution in [3.8, 4) is 23.2 Å². The molecule has 2 aromatic carbocycles. The Morgan fingerprint density at radius 2 is 1.97 bits per heavy atom. The Morgan fingerprint density at radius 1 is 1.17 bits per heavy atom. The predicted octanol–water partition coefficient (Wildman–Crippen LogP) is 4.41. The van der Waals surface area contributed by atoms with E-state index >= 15 is 0 Å². The van der Waals surface area contributed by atoms with Gasteiger partial charge in [-0.15, -0.1) is 0 Å². The number of hydrogen-bond donors (Lipinski definition) is 2. The largest absolute Gasteiger partial charge is 0.469 e. The van der Waals surface area contributed by atoms with Crippen molar-refractivity contribution in [2.24, 2.45) is 7.05 Å². The lowest BCUT2D eigenvalue weighted by atomic mass is 9.99. The summed E-state index contributed by atoms with van der Waals surface area (Å²) in [5.74, 6) is 0.610. The van der Waals surface area contributed by atoms with Crippen LogP contribution in [0.5, 0.6) is 5.88 Å². The Labute approximate surface area is 205 Å². The third-order valence-electron chi connectivity index (χ3n) is 6.30. The third kappa shape index (κ3) is 5.03. The van der Waals surface area contributed by atoms with Crippen LogP contribution in [0.2, 0.25) is 0 Å². The molecular weight excluding hydrogens is 436 g/mol. The van der Waals surface area contributed by atoms with Crippen LogP contribution in [0.4, 0.5) is 5.69 Å². The van der Waals surface area contributed by atoms with E-state index in [0.717, 1.165) is 35.6 Å². The molecule has 176 valence electrons. The number of benzene rings is 2. The van der Waals surface area contributed by atoms with Gasteiger partial charge in [-0.1, -0.05) is 42.5 Å². The molecule has 3 heterocycles. The average Bonchev–Trinajstić information content (AvgIpc) is 3.24. The molecule has 35 heavy (non-hydrogen) atoms. The minimum atomic E-state index is -0.122. The topological polar surface area (TPSA) is 87.8 Å². The molecule has 0 bridgehead atoms. The molecule has 1 aliphatic rings. The fourth-order valence-corrected chi connectivity index (χ4v) is 4.52. The van der Waals surface area contributed by atoms with E-state index in [-0.39, 0.29) is 12.1 Å². The number of rotatable bonds is 7. The molecule has 0 spiro atoms. The van der Waals surface area contributed by atoms with Gasteiger partial charge in [0.15, 0.2) is 0 Å². The molecule has 0 amide bonds. The third-order valence-corrected chi connectivity index (χ3v) is 6.30. The van der Waals surface area contributed by atoms with E-state index in [1.54, 1.807) is 0 Å². The molecule has 1 aliphatic heterocycles. The SMILES string of the molecule is Cc1cc(-c2cnc3c(c2)NC[C@@H]([C@H](NCCc2ccc(C#N)cc2)c2ccccc2)O3)n(C)n1. The zero-order valence-electron chi connectivity index (χ0n) is 19.9. The van der Waals surface area contributed by atoms with Crippen LogP contribution >= 0.6 is 0 Å². The van der Waals surface area contributed by atoms with Gasteiger partial charge in [-0.05, 0) is 55.3 Å². The highest BCUT2D eigenvalue weighted by Crippen LogP contribution is 2.34. The average molecular weight is 465 g/mol. The maximum atomic E-state index is 9.01. The Hall–Kier alpha value is -4.15. The van der Waals surface area contributed by atoms with Crippen molar-refractivity contribution in [3.05, 3.63) is 95.3 Å². The molecule has 4 aromatic rings. The van der Waals surface area contributed by atoms with Gasteiger partial charge in [0.05, 0.1) is 41.3 Å². The molecule has 0 saturated heterocycles. The van der Waals surface area contributed by atoms with Crippen LogP contribution in [-0.4, -0.2) is 34.0 Å². The molecule has 2 N–H and O–H groups in total. The van der Waals surface area contributed by atoms with E-state index in [1.165, 1.54) is 11.1 Å². The second-order valence-electron chi connectivity index (χ2n) is 8.81. The smallest absolute Gasteiger partial charge is 0.237 e. The highest BCUT2D eigenvalue weighted by Gasteiger charge is 2.29. The summed E-state index contributed by atoms with van der Waals surface area (Å²) >= 11 is 0. The molecular formula is C28H28N6O. The van der Waals surface area contributed by atoms with Crippen molar-refractivity contribution < 1.29 is 4.74 Å². The molecule has 5 rings (SSSR count). The molecule has 0 unspecified atom stereocenters. The number of nitrogens with zero attached hydrogens (tertiary/aromatic N) is 4. The van der Waals surface area contributed by atoms with Gasteiger partial charge in [0.1, 0.15) is 6.10 Å². The van der Waals surface area contributed by atoms with Crippen molar-refractivity contribution in [3.63, 3.8) is 0 Å². The molecule has 0 aliphatic carbocycles. The fourth-order valence-electron chi connectivity index (χ4n) is 4.52. The Morgan fingerprint density at radius 3 is 2.69 bits per heavy atom. The molecule has 0 radical (unpaired) electrons. The Bertz CT molecular complexity index is 1340. The number of aryl methyl sites for hydroxylation is 2. The van der Waals surface area contributed by atoms with Crippen molar-refractivity contribution in [1.29, 1.82) is 5.26 Å². The highest BCUT2D eigenvalue weighted by atomic mass is 16.5. The first-order valence-electron chi connectivity index (χ1n) is 11.8. The zero-order valence-corrected chi connectivity index (χ0v) is 19.9.